The third-order valence-corrected chi connectivity index (χ3v) is 3.04. The van der Waals surface area contributed by atoms with E-state index in [1.807, 2.05) is 0 Å². The second kappa shape index (κ2) is 5.26. The predicted molar refractivity (Wildman–Crippen MR) is 59.6 cm³/mol. The zero-order valence-electron chi connectivity index (χ0n) is 9.28. The van der Waals surface area contributed by atoms with Gasteiger partial charge >= 0.3 is 0 Å². The summed E-state index contributed by atoms with van der Waals surface area (Å²) >= 11 is 0. The quantitative estimate of drug-likeness (QED) is 0.742. The van der Waals surface area contributed by atoms with Gasteiger partial charge in [0.2, 0.25) is 0 Å². The molecule has 0 unspecified atom stereocenters. The molecular formula is C11H20N4. The van der Waals surface area contributed by atoms with Gasteiger partial charge in [0.15, 0.2) is 0 Å². The molecule has 0 aromatic carbocycles. The van der Waals surface area contributed by atoms with Crippen molar-refractivity contribution in [3.05, 3.63) is 11.6 Å². The van der Waals surface area contributed by atoms with Crippen molar-refractivity contribution in [1.82, 2.24) is 14.8 Å². The summed E-state index contributed by atoms with van der Waals surface area (Å²) in [5, 5.41) is 8.52. The first-order valence-electron chi connectivity index (χ1n) is 6.03. The molecule has 0 atom stereocenters. The highest BCUT2D eigenvalue weighted by molar-refractivity contribution is 4.98. The Kier molecular flexibility index (Phi) is 3.72. The van der Waals surface area contributed by atoms with E-state index in [0.717, 1.165) is 32.4 Å². The van der Waals surface area contributed by atoms with Crippen LogP contribution in [0.1, 0.15) is 43.8 Å². The fourth-order valence-corrected chi connectivity index (χ4v) is 2.16. The minimum absolute atomic E-state index is 0.804. The molecule has 84 valence electrons. The van der Waals surface area contributed by atoms with Crippen LogP contribution < -0.4 is 5.73 Å². The summed E-state index contributed by atoms with van der Waals surface area (Å²) < 4.78 is 2.31. The van der Waals surface area contributed by atoms with Crippen LogP contribution in [0.5, 0.6) is 0 Å². The van der Waals surface area contributed by atoms with Crippen LogP contribution in [0, 0.1) is 0 Å². The van der Waals surface area contributed by atoms with Crippen molar-refractivity contribution in [1.29, 1.82) is 0 Å². The van der Waals surface area contributed by atoms with Crippen LogP contribution in [0.25, 0.3) is 0 Å². The lowest BCUT2D eigenvalue weighted by Crippen LogP contribution is -2.13. The summed E-state index contributed by atoms with van der Waals surface area (Å²) in [5.41, 5.74) is 5.47. The largest absolute Gasteiger partial charge is 0.330 e. The van der Waals surface area contributed by atoms with E-state index in [9.17, 15) is 0 Å². The normalized spacial score (nSPS) is 15.3. The predicted octanol–water partition coefficient (Wildman–Crippen LogP) is 1.29. The molecule has 4 nitrogen and oxygen atoms in total. The first kappa shape index (κ1) is 10.6. The van der Waals surface area contributed by atoms with Gasteiger partial charge in [-0.15, -0.1) is 10.2 Å². The molecule has 1 aliphatic heterocycles. The van der Waals surface area contributed by atoms with Crippen LogP contribution in [0.15, 0.2) is 0 Å². The minimum Gasteiger partial charge on any atom is -0.330 e. The van der Waals surface area contributed by atoms with E-state index in [-0.39, 0.29) is 0 Å². The molecule has 1 aromatic heterocycles. The van der Waals surface area contributed by atoms with Crippen LogP contribution in [0.3, 0.4) is 0 Å². The molecule has 2 N–H and O–H groups in total. The smallest absolute Gasteiger partial charge is 0.132 e. The molecular weight excluding hydrogens is 188 g/mol. The maximum Gasteiger partial charge on any atom is 0.132 e. The van der Waals surface area contributed by atoms with E-state index in [4.69, 9.17) is 5.73 Å². The van der Waals surface area contributed by atoms with E-state index in [2.05, 4.69) is 14.8 Å². The van der Waals surface area contributed by atoms with E-state index >= 15 is 0 Å². The molecule has 2 rings (SSSR count). The summed E-state index contributed by atoms with van der Waals surface area (Å²) in [7, 11) is 0. The lowest BCUT2D eigenvalue weighted by Gasteiger charge is -2.14. The van der Waals surface area contributed by atoms with E-state index in [1.165, 1.54) is 37.3 Å². The summed E-state index contributed by atoms with van der Waals surface area (Å²) in [6.07, 6.45) is 8.24. The molecule has 1 aliphatic rings. The summed E-state index contributed by atoms with van der Waals surface area (Å²) in [6.45, 7) is 1.92. The number of aryl methyl sites for hydroxylation is 2. The highest BCUT2D eigenvalue weighted by Crippen LogP contribution is 2.15. The van der Waals surface area contributed by atoms with Crippen molar-refractivity contribution in [3.63, 3.8) is 0 Å². The van der Waals surface area contributed by atoms with Gasteiger partial charge in [0.25, 0.3) is 0 Å². The number of rotatable bonds is 5. The Morgan fingerprint density at radius 3 is 2.93 bits per heavy atom. The van der Waals surface area contributed by atoms with Crippen molar-refractivity contribution >= 4 is 0 Å². The first-order valence-corrected chi connectivity index (χ1v) is 6.03. The Morgan fingerprint density at radius 1 is 1.13 bits per heavy atom. The van der Waals surface area contributed by atoms with E-state index < -0.39 is 0 Å². The Hall–Kier alpha value is -0.900. The molecule has 0 bridgehead atoms. The van der Waals surface area contributed by atoms with Crippen molar-refractivity contribution < 1.29 is 0 Å². The second-order valence-electron chi connectivity index (χ2n) is 4.24. The Morgan fingerprint density at radius 2 is 2.07 bits per heavy atom. The average molecular weight is 208 g/mol. The first-order chi connectivity index (χ1) is 7.42. The number of aromatic nitrogens is 3. The van der Waals surface area contributed by atoms with Crippen LogP contribution in [0.4, 0.5) is 0 Å². The highest BCUT2D eigenvalue weighted by Gasteiger charge is 2.14. The summed E-state index contributed by atoms with van der Waals surface area (Å²) in [6, 6.07) is 0. The highest BCUT2D eigenvalue weighted by atomic mass is 15.3. The van der Waals surface area contributed by atoms with Crippen LogP contribution in [0.2, 0.25) is 0 Å². The van der Waals surface area contributed by atoms with Gasteiger partial charge in [0.1, 0.15) is 11.6 Å². The lowest BCUT2D eigenvalue weighted by molar-refractivity contribution is 0.502. The van der Waals surface area contributed by atoms with Crippen molar-refractivity contribution in [2.75, 3.05) is 6.54 Å². The number of hydrogen-bond acceptors (Lipinski definition) is 3. The number of unbranched alkanes of at least 4 members (excludes halogenated alkanes) is 2. The Balaban J connectivity index is 1.88. The number of fused-ring (bicyclic) bond motifs is 1. The average Bonchev–Trinajstić information content (AvgIpc) is 2.68. The lowest BCUT2D eigenvalue weighted by atomic mass is 10.1. The fraction of sp³-hybridized carbons (Fsp3) is 0.818. The van der Waals surface area contributed by atoms with Gasteiger partial charge in [-0.05, 0) is 32.2 Å². The molecule has 0 saturated carbocycles. The number of nitrogens with two attached hydrogens (primary N) is 1. The van der Waals surface area contributed by atoms with Crippen molar-refractivity contribution in [2.45, 2.75) is 51.5 Å². The molecule has 1 aromatic rings. The van der Waals surface area contributed by atoms with E-state index in [1.54, 1.807) is 0 Å². The molecule has 0 radical (unpaired) electrons. The van der Waals surface area contributed by atoms with Crippen LogP contribution in [-0.4, -0.2) is 21.3 Å². The summed E-state index contributed by atoms with van der Waals surface area (Å²) in [4.78, 5) is 0. The maximum absolute atomic E-state index is 5.47. The van der Waals surface area contributed by atoms with Crippen molar-refractivity contribution in [2.24, 2.45) is 5.73 Å². The van der Waals surface area contributed by atoms with Gasteiger partial charge < -0.3 is 10.3 Å². The van der Waals surface area contributed by atoms with Crippen LogP contribution >= 0.6 is 0 Å². The molecule has 0 aliphatic carbocycles. The monoisotopic (exact) mass is 208 g/mol. The SMILES string of the molecule is NCCCCCc1nnc2n1CCCC2. The third-order valence-electron chi connectivity index (χ3n) is 3.04. The topological polar surface area (TPSA) is 56.7 Å². The molecule has 4 heteroatoms. The van der Waals surface area contributed by atoms with Gasteiger partial charge in [-0.1, -0.05) is 6.42 Å². The summed E-state index contributed by atoms with van der Waals surface area (Å²) in [5.74, 6) is 2.37. The Bertz CT molecular complexity index is 306. The Labute approximate surface area is 90.9 Å². The maximum atomic E-state index is 5.47. The minimum atomic E-state index is 0.804. The zero-order valence-corrected chi connectivity index (χ0v) is 9.28. The third kappa shape index (κ3) is 2.56. The van der Waals surface area contributed by atoms with Gasteiger partial charge in [-0.25, -0.2) is 0 Å². The van der Waals surface area contributed by atoms with Gasteiger partial charge in [-0.2, -0.15) is 0 Å². The van der Waals surface area contributed by atoms with Gasteiger partial charge in [0, 0.05) is 19.4 Å². The second-order valence-corrected chi connectivity index (χ2v) is 4.24. The molecule has 0 fully saturated rings. The standard InChI is InChI=1S/C11H20N4/c12-8-4-1-2-6-10-13-14-11-7-3-5-9-15(10)11/h1-9,12H2. The fourth-order valence-electron chi connectivity index (χ4n) is 2.16. The van der Waals surface area contributed by atoms with Crippen LogP contribution in [-0.2, 0) is 19.4 Å². The number of nitrogens with zero attached hydrogens (tertiary/aromatic N) is 3. The zero-order chi connectivity index (χ0) is 10.5. The van der Waals surface area contributed by atoms with Crippen molar-refractivity contribution in [3.8, 4) is 0 Å². The molecule has 0 saturated heterocycles. The van der Waals surface area contributed by atoms with E-state index in [0.29, 0.717) is 0 Å². The molecule has 0 spiro atoms. The van der Waals surface area contributed by atoms with Gasteiger partial charge in [0.05, 0.1) is 0 Å². The van der Waals surface area contributed by atoms with Gasteiger partial charge in [-0.3, -0.25) is 0 Å². The molecule has 15 heavy (non-hydrogen) atoms. The number of hydrogen-bond donors (Lipinski definition) is 1. The molecule has 0 amide bonds. The molecule has 2 heterocycles.